The van der Waals surface area contributed by atoms with Crippen molar-refractivity contribution in [3.05, 3.63) is 33.3 Å². The second-order valence-electron chi connectivity index (χ2n) is 3.61. The lowest BCUT2D eigenvalue weighted by molar-refractivity contribution is 1.17. The maximum Gasteiger partial charge on any atom is 0.126 e. The number of hydrogen-bond donors (Lipinski definition) is 1. The van der Waals surface area contributed by atoms with Crippen LogP contribution >= 0.6 is 27.5 Å². The van der Waals surface area contributed by atoms with Crippen LogP contribution in [0, 0.1) is 6.92 Å². The Bertz CT molecular complexity index is 540. The SMILES string of the molecule is CCNc1ccc2c(Cl)c(C)cc(Br)c2n1. The van der Waals surface area contributed by atoms with E-state index in [1.54, 1.807) is 0 Å². The van der Waals surface area contributed by atoms with E-state index in [0.717, 1.165) is 38.3 Å². The topological polar surface area (TPSA) is 24.9 Å². The van der Waals surface area contributed by atoms with Crippen LogP contribution < -0.4 is 5.32 Å². The van der Waals surface area contributed by atoms with Crippen LogP contribution in [0.25, 0.3) is 10.9 Å². The van der Waals surface area contributed by atoms with Gasteiger partial charge in [0, 0.05) is 16.4 Å². The lowest BCUT2D eigenvalue weighted by atomic mass is 10.1. The van der Waals surface area contributed by atoms with E-state index in [-0.39, 0.29) is 0 Å². The number of halogens is 2. The molecule has 0 fully saturated rings. The molecule has 2 nitrogen and oxygen atoms in total. The molecule has 4 heteroatoms. The number of nitrogens with zero attached hydrogens (tertiary/aromatic N) is 1. The lowest BCUT2D eigenvalue weighted by Crippen LogP contribution is -1.99. The Morgan fingerprint density at radius 1 is 1.44 bits per heavy atom. The third-order valence-electron chi connectivity index (χ3n) is 2.41. The van der Waals surface area contributed by atoms with Gasteiger partial charge in [-0.3, -0.25) is 0 Å². The summed E-state index contributed by atoms with van der Waals surface area (Å²) in [7, 11) is 0. The molecule has 0 saturated carbocycles. The quantitative estimate of drug-likeness (QED) is 0.889. The van der Waals surface area contributed by atoms with Crippen molar-refractivity contribution in [2.75, 3.05) is 11.9 Å². The van der Waals surface area contributed by atoms with Crippen LogP contribution in [0.2, 0.25) is 5.02 Å². The second-order valence-corrected chi connectivity index (χ2v) is 4.84. The summed E-state index contributed by atoms with van der Waals surface area (Å²) in [5, 5.41) is 4.94. The molecule has 2 rings (SSSR count). The first-order chi connectivity index (χ1) is 7.63. The van der Waals surface area contributed by atoms with Crippen LogP contribution in [0.3, 0.4) is 0 Å². The van der Waals surface area contributed by atoms with E-state index < -0.39 is 0 Å². The number of nitrogens with one attached hydrogen (secondary N) is 1. The molecule has 0 saturated heterocycles. The summed E-state index contributed by atoms with van der Waals surface area (Å²) < 4.78 is 0.976. The van der Waals surface area contributed by atoms with Crippen molar-refractivity contribution in [1.29, 1.82) is 0 Å². The fourth-order valence-corrected chi connectivity index (χ4v) is 2.48. The van der Waals surface area contributed by atoms with Crippen molar-refractivity contribution in [2.24, 2.45) is 0 Å². The van der Waals surface area contributed by atoms with Gasteiger partial charge in [0.2, 0.25) is 0 Å². The van der Waals surface area contributed by atoms with Gasteiger partial charge in [-0.2, -0.15) is 0 Å². The molecule has 1 N–H and O–H groups in total. The summed E-state index contributed by atoms with van der Waals surface area (Å²) >= 11 is 9.76. The molecule has 0 unspecified atom stereocenters. The van der Waals surface area contributed by atoms with E-state index in [9.17, 15) is 0 Å². The lowest BCUT2D eigenvalue weighted by Gasteiger charge is -2.08. The van der Waals surface area contributed by atoms with Gasteiger partial charge in [0.05, 0.1) is 10.5 Å². The van der Waals surface area contributed by atoms with E-state index in [1.807, 2.05) is 32.0 Å². The second kappa shape index (κ2) is 4.60. The number of benzene rings is 1. The fourth-order valence-electron chi connectivity index (χ4n) is 1.63. The molecule has 0 bridgehead atoms. The van der Waals surface area contributed by atoms with Gasteiger partial charge >= 0.3 is 0 Å². The normalized spacial score (nSPS) is 10.8. The van der Waals surface area contributed by atoms with Crippen molar-refractivity contribution >= 4 is 44.3 Å². The maximum absolute atomic E-state index is 6.25. The fraction of sp³-hybridized carbons (Fsp3) is 0.250. The molecule has 0 aliphatic carbocycles. The van der Waals surface area contributed by atoms with Crippen molar-refractivity contribution in [2.45, 2.75) is 13.8 Å². The molecule has 1 aromatic carbocycles. The van der Waals surface area contributed by atoms with Gasteiger partial charge in [-0.15, -0.1) is 0 Å². The summed E-state index contributed by atoms with van der Waals surface area (Å²) in [6, 6.07) is 5.94. The van der Waals surface area contributed by atoms with Crippen molar-refractivity contribution in [1.82, 2.24) is 4.98 Å². The number of aryl methyl sites for hydroxylation is 1. The van der Waals surface area contributed by atoms with Crippen LogP contribution in [0.1, 0.15) is 12.5 Å². The smallest absolute Gasteiger partial charge is 0.126 e. The number of hydrogen-bond acceptors (Lipinski definition) is 2. The first-order valence-corrected chi connectivity index (χ1v) is 6.29. The minimum atomic E-state index is 0.772. The summed E-state index contributed by atoms with van der Waals surface area (Å²) in [4.78, 5) is 4.52. The predicted molar refractivity (Wildman–Crippen MR) is 73.4 cm³/mol. The van der Waals surface area contributed by atoms with E-state index >= 15 is 0 Å². The zero-order chi connectivity index (χ0) is 11.7. The number of fused-ring (bicyclic) bond motifs is 1. The molecule has 2 aromatic rings. The summed E-state index contributed by atoms with van der Waals surface area (Å²) in [5.41, 5.74) is 1.95. The van der Waals surface area contributed by atoms with Gasteiger partial charge in [-0.1, -0.05) is 11.6 Å². The Morgan fingerprint density at radius 2 is 2.19 bits per heavy atom. The van der Waals surface area contributed by atoms with Gasteiger partial charge in [-0.05, 0) is 53.5 Å². The van der Waals surface area contributed by atoms with E-state index in [1.165, 1.54) is 0 Å². The average molecular weight is 300 g/mol. The van der Waals surface area contributed by atoms with Crippen LogP contribution in [0.5, 0.6) is 0 Å². The first-order valence-electron chi connectivity index (χ1n) is 5.12. The first kappa shape index (κ1) is 11.7. The summed E-state index contributed by atoms with van der Waals surface area (Å²) in [6.45, 7) is 4.89. The third-order valence-corrected chi connectivity index (χ3v) is 3.51. The molecule has 0 radical (unpaired) electrons. The van der Waals surface area contributed by atoms with Crippen molar-refractivity contribution in [3.63, 3.8) is 0 Å². The largest absolute Gasteiger partial charge is 0.370 e. The summed E-state index contributed by atoms with van der Waals surface area (Å²) in [6.07, 6.45) is 0. The number of aromatic nitrogens is 1. The van der Waals surface area contributed by atoms with Crippen molar-refractivity contribution < 1.29 is 0 Å². The Kier molecular flexibility index (Phi) is 3.36. The van der Waals surface area contributed by atoms with Gasteiger partial charge < -0.3 is 5.32 Å². The minimum absolute atomic E-state index is 0.772. The Hall–Kier alpha value is -0.800. The van der Waals surface area contributed by atoms with Gasteiger partial charge in [0.25, 0.3) is 0 Å². The molecule has 0 spiro atoms. The highest BCUT2D eigenvalue weighted by Gasteiger charge is 2.08. The van der Waals surface area contributed by atoms with Gasteiger partial charge in [0.15, 0.2) is 0 Å². The van der Waals surface area contributed by atoms with Gasteiger partial charge in [0.1, 0.15) is 5.82 Å². The highest BCUT2D eigenvalue weighted by atomic mass is 79.9. The Labute approximate surface area is 108 Å². The molecule has 84 valence electrons. The van der Waals surface area contributed by atoms with Crippen molar-refractivity contribution in [3.8, 4) is 0 Å². The Morgan fingerprint density at radius 3 is 2.88 bits per heavy atom. The van der Waals surface area contributed by atoms with E-state index in [4.69, 9.17) is 11.6 Å². The maximum atomic E-state index is 6.25. The zero-order valence-electron chi connectivity index (χ0n) is 9.14. The zero-order valence-corrected chi connectivity index (χ0v) is 11.5. The number of rotatable bonds is 2. The highest BCUT2D eigenvalue weighted by Crippen LogP contribution is 2.32. The number of anilines is 1. The molecule has 16 heavy (non-hydrogen) atoms. The molecule has 1 aromatic heterocycles. The van der Waals surface area contributed by atoms with E-state index in [2.05, 4.69) is 26.2 Å². The van der Waals surface area contributed by atoms with Crippen LogP contribution in [0.4, 0.5) is 5.82 Å². The predicted octanol–water partition coefficient (Wildman–Crippen LogP) is 4.39. The van der Waals surface area contributed by atoms with Crippen LogP contribution in [0.15, 0.2) is 22.7 Å². The number of pyridine rings is 1. The monoisotopic (exact) mass is 298 g/mol. The molecule has 1 heterocycles. The van der Waals surface area contributed by atoms with Crippen LogP contribution in [-0.2, 0) is 0 Å². The average Bonchev–Trinajstić information content (AvgIpc) is 2.27. The van der Waals surface area contributed by atoms with Crippen LogP contribution in [-0.4, -0.2) is 11.5 Å². The van der Waals surface area contributed by atoms with E-state index in [0.29, 0.717) is 0 Å². The molecule has 0 amide bonds. The van der Waals surface area contributed by atoms with Gasteiger partial charge in [-0.25, -0.2) is 4.98 Å². The molecule has 0 aliphatic rings. The molecular formula is C12H12BrClN2. The highest BCUT2D eigenvalue weighted by molar-refractivity contribution is 9.10. The Balaban J connectivity index is 2.69. The molecular weight excluding hydrogens is 288 g/mol. The summed E-state index contributed by atoms with van der Waals surface area (Å²) in [5.74, 6) is 0.871. The molecule has 0 aliphatic heterocycles. The third kappa shape index (κ3) is 2.02. The molecule has 0 atom stereocenters. The standard InChI is InChI=1S/C12H12BrClN2/c1-3-15-10-5-4-8-11(14)7(2)6-9(13)12(8)16-10/h4-6H,3H2,1-2H3,(H,15,16). The minimum Gasteiger partial charge on any atom is -0.370 e.